The molecule has 0 aromatic heterocycles. The van der Waals surface area contributed by atoms with E-state index in [4.69, 9.17) is 4.74 Å². The molecule has 1 heterocycles. The van der Waals surface area contributed by atoms with Gasteiger partial charge in [0, 0.05) is 5.56 Å². The van der Waals surface area contributed by atoms with E-state index in [1.807, 2.05) is 37.3 Å². The lowest BCUT2D eigenvalue weighted by molar-refractivity contribution is -0.175. The fourth-order valence-corrected chi connectivity index (χ4v) is 1.22. The molecule has 2 heteroatoms. The maximum atomic E-state index is 10.8. The summed E-state index contributed by atoms with van der Waals surface area (Å²) < 4.78 is 4.86. The Morgan fingerprint density at radius 3 is 2.57 bits per heavy atom. The van der Waals surface area contributed by atoms with Gasteiger partial charge in [-0.25, -0.2) is 0 Å². The van der Waals surface area contributed by atoms with Gasteiger partial charge >= 0.3 is 5.97 Å². The topological polar surface area (TPSA) is 26.3 Å². The normalized spacial score (nSPS) is 24.2. The summed E-state index contributed by atoms with van der Waals surface area (Å²) in [6.07, 6.45) is -0.220. The van der Waals surface area contributed by atoms with Crippen LogP contribution in [0.3, 0.4) is 0 Å². The largest absolute Gasteiger partial charge is 0.448 e. The summed E-state index contributed by atoms with van der Waals surface area (Å²) >= 11 is 0. The van der Waals surface area contributed by atoms with Gasteiger partial charge in [0.1, 0.15) is 5.92 Å². The van der Waals surface area contributed by atoms with Gasteiger partial charge in [-0.05, 0) is 19.1 Å². The van der Waals surface area contributed by atoms with E-state index in [0.717, 1.165) is 5.56 Å². The van der Waals surface area contributed by atoms with Gasteiger partial charge < -0.3 is 4.74 Å². The van der Waals surface area contributed by atoms with Crippen LogP contribution in [0.25, 0.3) is 0 Å². The molecule has 1 aromatic rings. The molecule has 0 bridgehead atoms. The van der Waals surface area contributed by atoms with Crippen molar-refractivity contribution >= 4 is 5.97 Å². The molecule has 0 saturated carbocycles. The number of hydrogen-bond donors (Lipinski definition) is 0. The number of esters is 1. The lowest BCUT2D eigenvalue weighted by atomic mass is 10.00. The highest BCUT2D eigenvalue weighted by Gasteiger charge is 2.37. The van der Waals surface area contributed by atoms with Gasteiger partial charge in [-0.3, -0.25) is 4.79 Å². The van der Waals surface area contributed by atoms with Crippen LogP contribution in [0, 0.1) is 17.8 Å². The van der Waals surface area contributed by atoms with Crippen molar-refractivity contribution in [3.63, 3.8) is 0 Å². The average Bonchev–Trinajstić information content (AvgIpc) is 2.25. The van der Waals surface area contributed by atoms with Crippen molar-refractivity contribution in [1.29, 1.82) is 0 Å². The zero-order valence-corrected chi connectivity index (χ0v) is 7.86. The number of ether oxygens (including phenoxy) is 1. The highest BCUT2D eigenvalue weighted by molar-refractivity contribution is 5.79. The third-order valence-corrected chi connectivity index (χ3v) is 2.20. The van der Waals surface area contributed by atoms with Crippen LogP contribution < -0.4 is 0 Å². The molecule has 1 aliphatic rings. The van der Waals surface area contributed by atoms with Gasteiger partial charge in [0.15, 0.2) is 6.10 Å². The van der Waals surface area contributed by atoms with Crippen molar-refractivity contribution in [2.45, 2.75) is 13.0 Å². The quantitative estimate of drug-likeness (QED) is 0.454. The number of carbonyl (C=O) groups is 1. The molecule has 1 aliphatic heterocycles. The van der Waals surface area contributed by atoms with Crippen LogP contribution in [0.2, 0.25) is 0 Å². The minimum Gasteiger partial charge on any atom is -0.448 e. The highest BCUT2D eigenvalue weighted by Crippen LogP contribution is 2.20. The monoisotopic (exact) mass is 186 g/mol. The number of rotatable bonds is 0. The summed E-state index contributed by atoms with van der Waals surface area (Å²) in [5.74, 6) is 5.66. The summed E-state index contributed by atoms with van der Waals surface area (Å²) in [6, 6.07) is 9.66. The van der Waals surface area contributed by atoms with E-state index < -0.39 is 0 Å². The van der Waals surface area contributed by atoms with E-state index in [-0.39, 0.29) is 18.0 Å². The van der Waals surface area contributed by atoms with Crippen molar-refractivity contribution in [2.24, 2.45) is 5.92 Å². The zero-order chi connectivity index (χ0) is 9.97. The van der Waals surface area contributed by atoms with Gasteiger partial charge in [0.25, 0.3) is 0 Å². The molecule has 0 spiro atoms. The second kappa shape index (κ2) is 3.55. The molecule has 70 valence electrons. The Bertz CT molecular complexity index is 397. The Kier molecular flexibility index (Phi) is 2.24. The number of cyclic esters (lactones) is 1. The van der Waals surface area contributed by atoms with Gasteiger partial charge in [-0.15, -0.1) is 0 Å². The predicted molar refractivity (Wildman–Crippen MR) is 52.4 cm³/mol. The fraction of sp³-hybridized carbons (Fsp3) is 0.250. The van der Waals surface area contributed by atoms with Crippen molar-refractivity contribution in [3.8, 4) is 11.8 Å². The Morgan fingerprint density at radius 1 is 1.29 bits per heavy atom. The van der Waals surface area contributed by atoms with Crippen LogP contribution in [-0.2, 0) is 9.53 Å². The van der Waals surface area contributed by atoms with Crippen LogP contribution in [0.15, 0.2) is 30.3 Å². The van der Waals surface area contributed by atoms with Crippen molar-refractivity contribution in [3.05, 3.63) is 35.9 Å². The predicted octanol–water partition coefficient (Wildman–Crippen LogP) is 1.60. The molecule has 14 heavy (non-hydrogen) atoms. The molecule has 0 amide bonds. The first-order valence-electron chi connectivity index (χ1n) is 4.54. The SMILES string of the molecule is CC1C(=O)OC1C#Cc1ccccc1. The molecular weight excluding hydrogens is 176 g/mol. The molecule has 2 nitrogen and oxygen atoms in total. The first-order valence-corrected chi connectivity index (χ1v) is 4.54. The Labute approximate surface area is 82.9 Å². The Morgan fingerprint density at radius 2 is 2.00 bits per heavy atom. The molecule has 1 fully saturated rings. The standard InChI is InChI=1S/C12H10O2/c1-9-11(14-12(9)13)8-7-10-5-3-2-4-6-10/h2-6,9,11H,1H3. The van der Waals surface area contributed by atoms with Crippen molar-refractivity contribution < 1.29 is 9.53 Å². The molecule has 1 aromatic carbocycles. The summed E-state index contributed by atoms with van der Waals surface area (Å²) in [4.78, 5) is 10.8. The minimum absolute atomic E-state index is 0.0776. The smallest absolute Gasteiger partial charge is 0.314 e. The lowest BCUT2D eigenvalue weighted by Gasteiger charge is -2.27. The van der Waals surface area contributed by atoms with E-state index >= 15 is 0 Å². The fourth-order valence-electron chi connectivity index (χ4n) is 1.22. The van der Waals surface area contributed by atoms with Crippen molar-refractivity contribution in [2.75, 3.05) is 0 Å². The molecule has 1 saturated heterocycles. The Balaban J connectivity index is 2.05. The zero-order valence-electron chi connectivity index (χ0n) is 7.86. The van der Waals surface area contributed by atoms with Crippen LogP contribution in [0.4, 0.5) is 0 Å². The van der Waals surface area contributed by atoms with E-state index in [2.05, 4.69) is 11.8 Å². The van der Waals surface area contributed by atoms with Crippen LogP contribution in [0.1, 0.15) is 12.5 Å². The lowest BCUT2D eigenvalue weighted by Crippen LogP contribution is -2.42. The van der Waals surface area contributed by atoms with E-state index in [0.29, 0.717) is 0 Å². The van der Waals surface area contributed by atoms with Gasteiger partial charge in [0.05, 0.1) is 0 Å². The first kappa shape index (κ1) is 8.83. The second-order valence-electron chi connectivity index (χ2n) is 3.28. The van der Waals surface area contributed by atoms with E-state index in [1.54, 1.807) is 0 Å². The summed E-state index contributed by atoms with van der Waals surface area (Å²) in [7, 11) is 0. The van der Waals surface area contributed by atoms with E-state index in [1.165, 1.54) is 0 Å². The first-order chi connectivity index (χ1) is 6.77. The summed E-state index contributed by atoms with van der Waals surface area (Å²) in [5.41, 5.74) is 0.947. The maximum absolute atomic E-state index is 10.8. The highest BCUT2D eigenvalue weighted by atomic mass is 16.6. The number of benzene rings is 1. The molecule has 2 rings (SSSR count). The summed E-state index contributed by atoms with van der Waals surface area (Å²) in [6.45, 7) is 1.83. The number of carbonyl (C=O) groups excluding carboxylic acids is 1. The molecule has 2 atom stereocenters. The molecule has 0 N–H and O–H groups in total. The van der Waals surface area contributed by atoms with Crippen LogP contribution in [0.5, 0.6) is 0 Å². The molecule has 2 unspecified atom stereocenters. The third kappa shape index (κ3) is 1.62. The molecule has 0 radical (unpaired) electrons. The molecule has 0 aliphatic carbocycles. The molecular formula is C12H10O2. The van der Waals surface area contributed by atoms with Gasteiger partial charge in [0.2, 0.25) is 0 Å². The third-order valence-electron chi connectivity index (χ3n) is 2.20. The van der Waals surface area contributed by atoms with Crippen LogP contribution >= 0.6 is 0 Å². The number of hydrogen-bond acceptors (Lipinski definition) is 2. The van der Waals surface area contributed by atoms with Crippen molar-refractivity contribution in [1.82, 2.24) is 0 Å². The second-order valence-corrected chi connectivity index (χ2v) is 3.28. The van der Waals surface area contributed by atoms with E-state index in [9.17, 15) is 4.79 Å². The van der Waals surface area contributed by atoms with Gasteiger partial charge in [-0.2, -0.15) is 0 Å². The Hall–Kier alpha value is -1.75. The van der Waals surface area contributed by atoms with Crippen LogP contribution in [-0.4, -0.2) is 12.1 Å². The maximum Gasteiger partial charge on any atom is 0.314 e. The minimum atomic E-state index is -0.220. The van der Waals surface area contributed by atoms with Gasteiger partial charge in [-0.1, -0.05) is 30.0 Å². The average molecular weight is 186 g/mol. The summed E-state index contributed by atoms with van der Waals surface area (Å²) in [5, 5.41) is 0.